The lowest BCUT2D eigenvalue weighted by molar-refractivity contribution is 0.178. The molecule has 1 aliphatic heterocycles. The Morgan fingerprint density at radius 2 is 2.00 bits per heavy atom. The number of sulfonamides is 2. The van der Waals surface area contributed by atoms with Gasteiger partial charge in [-0.15, -0.1) is 0 Å². The van der Waals surface area contributed by atoms with Gasteiger partial charge in [0.15, 0.2) is 0 Å². The Hall–Kier alpha value is -1.07. The van der Waals surface area contributed by atoms with Crippen LogP contribution >= 0.6 is 0 Å². The SMILES string of the molecule is CC1(NS(=O)(=O)c2ccc(S(N)(=O)=O)cc2F)CCOC1. The summed E-state index contributed by atoms with van der Waals surface area (Å²) in [6.45, 7) is 2.24. The van der Waals surface area contributed by atoms with Crippen LogP contribution in [0.5, 0.6) is 0 Å². The minimum absolute atomic E-state index is 0.184. The van der Waals surface area contributed by atoms with E-state index in [4.69, 9.17) is 9.88 Å². The molecule has 1 fully saturated rings. The molecule has 21 heavy (non-hydrogen) atoms. The van der Waals surface area contributed by atoms with Crippen LogP contribution in [-0.2, 0) is 24.8 Å². The van der Waals surface area contributed by atoms with Crippen molar-refractivity contribution >= 4 is 20.0 Å². The molecule has 0 spiro atoms. The van der Waals surface area contributed by atoms with Gasteiger partial charge >= 0.3 is 0 Å². The molecule has 0 bridgehead atoms. The molecule has 1 aliphatic rings. The van der Waals surface area contributed by atoms with Crippen LogP contribution in [0, 0.1) is 5.82 Å². The Balaban J connectivity index is 2.37. The lowest BCUT2D eigenvalue weighted by Crippen LogP contribution is -2.46. The molecule has 0 aliphatic carbocycles. The van der Waals surface area contributed by atoms with Gasteiger partial charge in [-0.1, -0.05) is 0 Å². The van der Waals surface area contributed by atoms with Gasteiger partial charge in [0.25, 0.3) is 0 Å². The smallest absolute Gasteiger partial charge is 0.244 e. The number of halogens is 1. The summed E-state index contributed by atoms with van der Waals surface area (Å²) in [7, 11) is -8.23. The van der Waals surface area contributed by atoms with Crippen molar-refractivity contribution in [1.82, 2.24) is 4.72 Å². The summed E-state index contributed by atoms with van der Waals surface area (Å²) >= 11 is 0. The molecule has 0 radical (unpaired) electrons. The standard InChI is InChI=1S/C11H15FN2O5S2/c1-11(4-5-19-7-11)14-21(17,18)10-3-2-8(6-9(10)12)20(13,15)16/h2-3,6,14H,4-5,7H2,1H3,(H2,13,15,16). The van der Waals surface area contributed by atoms with Crippen molar-refractivity contribution in [3.63, 3.8) is 0 Å². The van der Waals surface area contributed by atoms with Gasteiger partial charge < -0.3 is 4.74 Å². The first kappa shape index (κ1) is 16.3. The van der Waals surface area contributed by atoms with Crippen molar-refractivity contribution in [3.05, 3.63) is 24.0 Å². The number of benzene rings is 1. The van der Waals surface area contributed by atoms with Gasteiger partial charge in [-0.25, -0.2) is 31.1 Å². The maximum Gasteiger partial charge on any atom is 0.244 e. The lowest BCUT2D eigenvalue weighted by Gasteiger charge is -2.23. The molecule has 1 heterocycles. The van der Waals surface area contributed by atoms with Gasteiger partial charge in [-0.3, -0.25) is 0 Å². The molecule has 0 aromatic heterocycles. The summed E-state index contributed by atoms with van der Waals surface area (Å²) in [4.78, 5) is -1.13. The Labute approximate surface area is 122 Å². The topological polar surface area (TPSA) is 116 Å². The monoisotopic (exact) mass is 338 g/mol. The van der Waals surface area contributed by atoms with Gasteiger partial charge in [-0.05, 0) is 31.5 Å². The van der Waals surface area contributed by atoms with Crippen LogP contribution in [0.1, 0.15) is 13.3 Å². The number of hydrogen-bond acceptors (Lipinski definition) is 5. The van der Waals surface area contributed by atoms with Crippen molar-refractivity contribution in [2.45, 2.75) is 28.7 Å². The molecule has 1 unspecified atom stereocenters. The fourth-order valence-electron chi connectivity index (χ4n) is 2.00. The van der Waals surface area contributed by atoms with Gasteiger partial charge in [0.2, 0.25) is 20.0 Å². The molecule has 10 heteroatoms. The van der Waals surface area contributed by atoms with Crippen LogP contribution in [0.2, 0.25) is 0 Å². The van der Waals surface area contributed by atoms with Gasteiger partial charge in [0.05, 0.1) is 17.0 Å². The number of nitrogens with two attached hydrogens (primary N) is 1. The zero-order valence-electron chi connectivity index (χ0n) is 11.2. The normalized spacial score (nSPS) is 23.4. The van der Waals surface area contributed by atoms with Crippen LogP contribution in [0.3, 0.4) is 0 Å². The molecule has 2 rings (SSSR count). The Morgan fingerprint density at radius 1 is 1.33 bits per heavy atom. The molecule has 1 aromatic rings. The second-order valence-electron chi connectivity index (χ2n) is 5.11. The highest BCUT2D eigenvalue weighted by Crippen LogP contribution is 2.23. The van der Waals surface area contributed by atoms with Crippen molar-refractivity contribution < 1.29 is 26.0 Å². The number of nitrogens with one attached hydrogen (secondary N) is 1. The van der Waals surface area contributed by atoms with E-state index in [-0.39, 0.29) is 6.61 Å². The predicted octanol–water partition coefficient (Wildman–Crippen LogP) is -0.0696. The molecule has 0 saturated carbocycles. The highest BCUT2D eigenvalue weighted by molar-refractivity contribution is 7.89. The van der Waals surface area contributed by atoms with E-state index < -0.39 is 41.2 Å². The summed E-state index contributed by atoms with van der Waals surface area (Å²) in [5, 5.41) is 4.86. The Morgan fingerprint density at radius 3 is 2.48 bits per heavy atom. The van der Waals surface area contributed by atoms with Crippen LogP contribution in [-0.4, -0.2) is 35.6 Å². The van der Waals surface area contributed by atoms with Crippen LogP contribution < -0.4 is 9.86 Å². The van der Waals surface area contributed by atoms with E-state index in [0.29, 0.717) is 19.1 Å². The first-order valence-electron chi connectivity index (χ1n) is 5.98. The maximum atomic E-state index is 13.9. The maximum absolute atomic E-state index is 13.9. The van der Waals surface area contributed by atoms with Crippen LogP contribution in [0.4, 0.5) is 4.39 Å². The van der Waals surface area contributed by atoms with E-state index in [1.165, 1.54) is 0 Å². The molecule has 1 aromatic carbocycles. The van der Waals surface area contributed by atoms with Crippen LogP contribution in [0.15, 0.2) is 28.0 Å². The molecule has 7 nitrogen and oxygen atoms in total. The third kappa shape index (κ3) is 3.58. The van der Waals surface area contributed by atoms with Gasteiger partial charge in [0.1, 0.15) is 10.7 Å². The number of rotatable bonds is 4. The van der Waals surface area contributed by atoms with E-state index in [9.17, 15) is 21.2 Å². The largest absolute Gasteiger partial charge is 0.379 e. The zero-order chi connectivity index (χ0) is 15.9. The molecule has 118 valence electrons. The summed E-state index contributed by atoms with van der Waals surface area (Å²) in [6, 6.07) is 2.40. The quantitative estimate of drug-likeness (QED) is 0.797. The fraction of sp³-hybridized carbons (Fsp3) is 0.455. The minimum atomic E-state index is -4.14. The first-order valence-corrected chi connectivity index (χ1v) is 9.01. The number of hydrogen-bond donors (Lipinski definition) is 2. The van der Waals surface area contributed by atoms with Crippen molar-refractivity contribution in [1.29, 1.82) is 0 Å². The molecular formula is C11H15FN2O5S2. The highest BCUT2D eigenvalue weighted by Gasteiger charge is 2.35. The summed E-state index contributed by atoms with van der Waals surface area (Å²) < 4.78 is 68.0. The third-order valence-electron chi connectivity index (χ3n) is 3.12. The van der Waals surface area contributed by atoms with E-state index in [0.717, 1.165) is 12.1 Å². The third-order valence-corrected chi connectivity index (χ3v) is 5.70. The molecule has 1 atom stereocenters. The van der Waals surface area contributed by atoms with Crippen molar-refractivity contribution in [3.8, 4) is 0 Å². The van der Waals surface area contributed by atoms with Crippen molar-refractivity contribution in [2.24, 2.45) is 5.14 Å². The summed E-state index contributed by atoms with van der Waals surface area (Å²) in [6.07, 6.45) is 0.461. The van der Waals surface area contributed by atoms with E-state index in [1.54, 1.807) is 6.92 Å². The summed E-state index contributed by atoms with van der Waals surface area (Å²) in [5.74, 6) is -1.18. The first-order chi connectivity index (χ1) is 9.54. The summed E-state index contributed by atoms with van der Waals surface area (Å²) in [5.41, 5.74) is -0.816. The van der Waals surface area contributed by atoms with E-state index in [2.05, 4.69) is 4.72 Å². The Bertz CT molecular complexity index is 755. The second-order valence-corrected chi connectivity index (χ2v) is 8.32. The molecule has 3 N–H and O–H groups in total. The van der Waals surface area contributed by atoms with Crippen LogP contribution in [0.25, 0.3) is 0 Å². The van der Waals surface area contributed by atoms with Gasteiger partial charge in [-0.2, -0.15) is 0 Å². The minimum Gasteiger partial charge on any atom is -0.379 e. The zero-order valence-corrected chi connectivity index (χ0v) is 12.8. The average molecular weight is 338 g/mol. The van der Waals surface area contributed by atoms with E-state index in [1.807, 2.05) is 0 Å². The fourth-order valence-corrected chi connectivity index (χ4v) is 4.01. The Kier molecular flexibility index (Phi) is 4.10. The van der Waals surface area contributed by atoms with Gasteiger partial charge in [0, 0.05) is 6.61 Å². The van der Waals surface area contributed by atoms with E-state index >= 15 is 0 Å². The molecule has 1 saturated heterocycles. The predicted molar refractivity (Wildman–Crippen MR) is 71.9 cm³/mol. The lowest BCUT2D eigenvalue weighted by atomic mass is 10.0. The van der Waals surface area contributed by atoms with Crippen molar-refractivity contribution in [2.75, 3.05) is 13.2 Å². The average Bonchev–Trinajstić information content (AvgIpc) is 2.73. The number of primary sulfonamides is 1. The molecule has 0 amide bonds. The second kappa shape index (κ2) is 5.29. The highest BCUT2D eigenvalue weighted by atomic mass is 32.2. The number of ether oxygens (including phenoxy) is 1. The molecular weight excluding hydrogens is 323 g/mol.